The Morgan fingerprint density at radius 1 is 1.24 bits per heavy atom. The summed E-state index contributed by atoms with van der Waals surface area (Å²) < 4.78 is 1.74. The van der Waals surface area contributed by atoms with Crippen molar-refractivity contribution in [1.82, 2.24) is 14.6 Å². The maximum atomic E-state index is 12.2. The van der Waals surface area contributed by atoms with Crippen LogP contribution in [0.2, 0.25) is 0 Å². The molecule has 1 aromatic carbocycles. The van der Waals surface area contributed by atoms with E-state index >= 15 is 0 Å². The highest BCUT2D eigenvalue weighted by atomic mass is 16.4. The molecule has 3 rings (SSSR count). The van der Waals surface area contributed by atoms with Crippen molar-refractivity contribution in [3.8, 4) is 17.0 Å². The Kier molecular flexibility index (Phi) is 5.64. The van der Waals surface area contributed by atoms with Gasteiger partial charge in [0.15, 0.2) is 5.65 Å². The van der Waals surface area contributed by atoms with E-state index in [4.69, 9.17) is 10.1 Å². The van der Waals surface area contributed by atoms with E-state index in [0.717, 1.165) is 24.1 Å². The number of hydrogen-bond acceptors (Lipinski definition) is 4. The largest absolute Gasteiger partial charge is 0.508 e. The molecule has 1 atom stereocenters. The predicted molar refractivity (Wildman–Crippen MR) is 113 cm³/mol. The Morgan fingerprint density at radius 3 is 2.55 bits per heavy atom. The number of carboxylic acids is 1. The lowest BCUT2D eigenvalue weighted by Gasteiger charge is -2.20. The van der Waals surface area contributed by atoms with Gasteiger partial charge in [-0.1, -0.05) is 52.7 Å². The van der Waals surface area contributed by atoms with Crippen LogP contribution in [0.4, 0.5) is 0 Å². The van der Waals surface area contributed by atoms with Crippen molar-refractivity contribution in [3.63, 3.8) is 0 Å². The highest BCUT2D eigenvalue weighted by Gasteiger charge is 2.29. The third-order valence-electron chi connectivity index (χ3n) is 5.21. The predicted octanol–water partition coefficient (Wildman–Crippen LogP) is 5.07. The number of rotatable bonds is 6. The van der Waals surface area contributed by atoms with Crippen molar-refractivity contribution in [2.45, 2.75) is 65.2 Å². The van der Waals surface area contributed by atoms with Gasteiger partial charge in [0, 0.05) is 28.3 Å². The van der Waals surface area contributed by atoms with Gasteiger partial charge >= 0.3 is 5.97 Å². The molecule has 0 aliphatic carbocycles. The summed E-state index contributed by atoms with van der Waals surface area (Å²) in [6.07, 6.45) is 2.25. The number of carbonyl (C=O) groups is 1. The second kappa shape index (κ2) is 7.85. The van der Waals surface area contributed by atoms with Crippen molar-refractivity contribution in [2.24, 2.45) is 0 Å². The molecule has 29 heavy (non-hydrogen) atoms. The van der Waals surface area contributed by atoms with Crippen LogP contribution in [0, 0.1) is 6.92 Å². The molecule has 0 fully saturated rings. The number of phenolic OH excluding ortho intramolecular Hbond substituents is 1. The fourth-order valence-corrected chi connectivity index (χ4v) is 3.65. The maximum Gasteiger partial charge on any atom is 0.311 e. The fraction of sp³-hybridized carbons (Fsp3) is 0.435. The highest BCUT2D eigenvalue weighted by Crippen LogP contribution is 2.36. The van der Waals surface area contributed by atoms with Gasteiger partial charge < -0.3 is 10.2 Å². The Hall–Kier alpha value is -2.89. The lowest BCUT2D eigenvalue weighted by molar-refractivity contribution is -0.139. The lowest BCUT2D eigenvalue weighted by atomic mass is 9.89. The van der Waals surface area contributed by atoms with E-state index < -0.39 is 11.9 Å². The second-order valence-corrected chi connectivity index (χ2v) is 8.59. The van der Waals surface area contributed by atoms with Gasteiger partial charge in [0.25, 0.3) is 0 Å². The summed E-state index contributed by atoms with van der Waals surface area (Å²) in [6.45, 7) is 10.1. The number of hydrogen-bond donors (Lipinski definition) is 2. The van der Waals surface area contributed by atoms with Gasteiger partial charge in [0.2, 0.25) is 0 Å². The van der Waals surface area contributed by atoms with Gasteiger partial charge in [-0.3, -0.25) is 4.79 Å². The van der Waals surface area contributed by atoms with Crippen LogP contribution >= 0.6 is 0 Å². The van der Waals surface area contributed by atoms with Crippen LogP contribution in [0.15, 0.2) is 30.3 Å². The van der Waals surface area contributed by atoms with Crippen molar-refractivity contribution < 1.29 is 15.0 Å². The van der Waals surface area contributed by atoms with Gasteiger partial charge in [-0.15, -0.1) is 0 Å². The average molecular weight is 396 g/mol. The highest BCUT2D eigenvalue weighted by molar-refractivity contribution is 5.81. The standard InChI is InChI=1S/C23H29N3O3/c1-6-7-11-17(22(28)29)20-14(2)24-19-13-18(23(3,4)5)25-26(19)21(20)15-9-8-10-16(27)12-15/h8-10,12-13,17,27H,6-7,11H2,1-5H3,(H,28,29). The second-order valence-electron chi connectivity index (χ2n) is 8.59. The van der Waals surface area contributed by atoms with E-state index in [9.17, 15) is 15.0 Å². The zero-order valence-corrected chi connectivity index (χ0v) is 17.7. The smallest absolute Gasteiger partial charge is 0.311 e. The zero-order chi connectivity index (χ0) is 21.3. The number of nitrogens with zero attached hydrogens (tertiary/aromatic N) is 3. The van der Waals surface area contributed by atoms with E-state index in [1.807, 2.05) is 26.0 Å². The third kappa shape index (κ3) is 4.11. The van der Waals surface area contributed by atoms with Crippen LogP contribution < -0.4 is 0 Å². The van der Waals surface area contributed by atoms with E-state index in [-0.39, 0.29) is 11.2 Å². The van der Waals surface area contributed by atoms with Crippen LogP contribution in [0.1, 0.15) is 69.8 Å². The molecule has 2 N–H and O–H groups in total. The number of unbranched alkanes of at least 4 members (excludes halogenated alkanes) is 1. The van der Waals surface area contributed by atoms with E-state index in [1.165, 1.54) is 0 Å². The van der Waals surface area contributed by atoms with Gasteiger partial charge in [0.1, 0.15) is 5.75 Å². The molecule has 2 heterocycles. The molecule has 0 bridgehead atoms. The molecule has 6 nitrogen and oxygen atoms in total. The summed E-state index contributed by atoms with van der Waals surface area (Å²) in [6, 6.07) is 8.82. The molecule has 0 spiro atoms. The molecule has 154 valence electrons. The Labute approximate surface area is 171 Å². The molecule has 6 heteroatoms. The summed E-state index contributed by atoms with van der Waals surface area (Å²) in [7, 11) is 0. The van der Waals surface area contributed by atoms with Gasteiger partial charge in [0.05, 0.1) is 17.3 Å². The topological polar surface area (TPSA) is 87.7 Å². The quantitative estimate of drug-likeness (QED) is 0.609. The van der Waals surface area contributed by atoms with Gasteiger partial charge in [-0.25, -0.2) is 9.50 Å². The van der Waals surface area contributed by atoms with Gasteiger partial charge in [-0.2, -0.15) is 5.10 Å². The lowest BCUT2D eigenvalue weighted by Crippen LogP contribution is -2.18. The number of carboxylic acid groups (broad SMARTS) is 1. The zero-order valence-electron chi connectivity index (χ0n) is 17.7. The molecular formula is C23H29N3O3. The first kappa shape index (κ1) is 20.8. The van der Waals surface area contributed by atoms with Crippen LogP contribution in [0.25, 0.3) is 16.9 Å². The monoisotopic (exact) mass is 395 g/mol. The van der Waals surface area contributed by atoms with Crippen molar-refractivity contribution in [2.75, 3.05) is 0 Å². The van der Waals surface area contributed by atoms with E-state index in [2.05, 4.69) is 20.8 Å². The number of aryl methyl sites for hydroxylation is 1. The minimum Gasteiger partial charge on any atom is -0.508 e. The molecule has 0 amide bonds. The van der Waals surface area contributed by atoms with Crippen molar-refractivity contribution in [1.29, 1.82) is 0 Å². The first-order chi connectivity index (χ1) is 13.6. The molecule has 0 radical (unpaired) electrons. The summed E-state index contributed by atoms with van der Waals surface area (Å²) >= 11 is 0. The maximum absolute atomic E-state index is 12.2. The third-order valence-corrected chi connectivity index (χ3v) is 5.21. The van der Waals surface area contributed by atoms with Crippen LogP contribution in [0.3, 0.4) is 0 Å². The van der Waals surface area contributed by atoms with Gasteiger partial charge in [-0.05, 0) is 25.5 Å². The summed E-state index contributed by atoms with van der Waals surface area (Å²) in [5.41, 5.74) is 4.13. The van der Waals surface area contributed by atoms with Crippen LogP contribution in [-0.2, 0) is 10.2 Å². The minimum atomic E-state index is -0.868. The molecule has 0 saturated heterocycles. The number of aromatic hydroxyl groups is 1. The number of aromatic nitrogens is 3. The molecule has 0 aliphatic rings. The molecule has 1 unspecified atom stereocenters. The minimum absolute atomic E-state index is 0.125. The number of aliphatic carboxylic acids is 1. The number of fused-ring (bicyclic) bond motifs is 1. The first-order valence-corrected chi connectivity index (χ1v) is 10.1. The summed E-state index contributed by atoms with van der Waals surface area (Å²) in [5, 5.41) is 24.9. The summed E-state index contributed by atoms with van der Waals surface area (Å²) in [4.78, 5) is 16.9. The average Bonchev–Trinajstić information content (AvgIpc) is 3.05. The number of benzene rings is 1. The fourth-order valence-electron chi connectivity index (χ4n) is 3.65. The van der Waals surface area contributed by atoms with E-state index in [1.54, 1.807) is 22.7 Å². The number of phenols is 1. The molecule has 0 saturated carbocycles. The van der Waals surface area contributed by atoms with Crippen LogP contribution in [-0.4, -0.2) is 30.8 Å². The molecule has 0 aliphatic heterocycles. The molecule has 3 aromatic rings. The van der Waals surface area contributed by atoms with Crippen molar-refractivity contribution in [3.05, 3.63) is 47.3 Å². The van der Waals surface area contributed by atoms with E-state index in [0.29, 0.717) is 29.0 Å². The SMILES string of the molecule is CCCCC(C(=O)O)c1c(C)nc2cc(C(C)(C)C)nn2c1-c1cccc(O)c1. The Balaban J connectivity index is 2.38. The van der Waals surface area contributed by atoms with Crippen molar-refractivity contribution >= 4 is 11.6 Å². The summed E-state index contributed by atoms with van der Waals surface area (Å²) in [5.74, 6) is -1.43. The normalized spacial score (nSPS) is 13.0. The first-order valence-electron chi connectivity index (χ1n) is 10.1. The Morgan fingerprint density at radius 2 is 1.97 bits per heavy atom. The van der Waals surface area contributed by atoms with Crippen LogP contribution in [0.5, 0.6) is 5.75 Å². The Bertz CT molecular complexity index is 1050. The molecular weight excluding hydrogens is 366 g/mol. The molecule has 2 aromatic heterocycles.